The van der Waals surface area contributed by atoms with Gasteiger partial charge in [-0.15, -0.1) is 0 Å². The Hall–Kier alpha value is -3.63. The number of alkyl halides is 2. The summed E-state index contributed by atoms with van der Waals surface area (Å²) in [7, 11) is 0. The van der Waals surface area contributed by atoms with Crippen molar-refractivity contribution in [2.24, 2.45) is 0 Å². The van der Waals surface area contributed by atoms with Gasteiger partial charge in [0.2, 0.25) is 5.88 Å². The first-order valence-electron chi connectivity index (χ1n) is 7.53. The van der Waals surface area contributed by atoms with E-state index in [0.717, 1.165) is 5.69 Å². The van der Waals surface area contributed by atoms with Crippen LogP contribution in [0.5, 0.6) is 5.88 Å². The van der Waals surface area contributed by atoms with Crippen molar-refractivity contribution in [3.05, 3.63) is 48.5 Å². The van der Waals surface area contributed by atoms with Crippen LogP contribution in [0.1, 0.15) is 5.69 Å². The van der Waals surface area contributed by atoms with Crippen LogP contribution in [0.25, 0.3) is 11.2 Å². The minimum absolute atomic E-state index is 0.156. The van der Waals surface area contributed by atoms with E-state index in [-0.39, 0.29) is 11.7 Å². The van der Waals surface area contributed by atoms with E-state index in [9.17, 15) is 8.78 Å². The summed E-state index contributed by atoms with van der Waals surface area (Å²) in [6, 6.07) is 6.91. The Morgan fingerprint density at radius 1 is 1.19 bits per heavy atom. The number of hydrogen-bond acceptors (Lipinski definition) is 7. The molecule has 0 aliphatic rings. The van der Waals surface area contributed by atoms with Crippen LogP contribution in [-0.2, 0) is 6.54 Å². The molecule has 0 saturated carbocycles. The van der Waals surface area contributed by atoms with Crippen LogP contribution in [0, 0.1) is 0 Å². The van der Waals surface area contributed by atoms with E-state index >= 15 is 0 Å². The standard InChI is InChI=1S/C15H12F2N8O/c16-15(17)26-13-5-11(23-24-13)21-12-7-19-10-6-20-25(14(10)22-12)8-9-3-1-2-4-18-9/h1-7,15H,8H2,(H2,21,22,23,24). The summed E-state index contributed by atoms with van der Waals surface area (Å²) in [6.45, 7) is -2.49. The van der Waals surface area contributed by atoms with Crippen LogP contribution >= 0.6 is 0 Å². The lowest BCUT2D eigenvalue weighted by atomic mass is 10.3. The number of fused-ring (bicyclic) bond motifs is 1. The van der Waals surface area contributed by atoms with Crippen molar-refractivity contribution in [1.29, 1.82) is 0 Å². The largest absolute Gasteiger partial charge is 0.417 e. The zero-order chi connectivity index (χ0) is 17.9. The normalized spacial score (nSPS) is 11.2. The molecule has 2 N–H and O–H groups in total. The molecule has 0 aliphatic carbocycles. The van der Waals surface area contributed by atoms with Gasteiger partial charge in [0.05, 0.1) is 24.6 Å². The molecule has 11 heteroatoms. The van der Waals surface area contributed by atoms with Crippen molar-refractivity contribution in [2.45, 2.75) is 13.2 Å². The van der Waals surface area contributed by atoms with Gasteiger partial charge < -0.3 is 10.1 Å². The molecule has 132 valence electrons. The van der Waals surface area contributed by atoms with Gasteiger partial charge in [-0.1, -0.05) is 6.07 Å². The molecule has 0 radical (unpaired) electrons. The fourth-order valence-electron chi connectivity index (χ4n) is 2.33. The second-order valence-electron chi connectivity index (χ2n) is 5.21. The summed E-state index contributed by atoms with van der Waals surface area (Å²) >= 11 is 0. The molecule has 4 rings (SSSR count). The van der Waals surface area contributed by atoms with E-state index in [1.807, 2.05) is 18.2 Å². The van der Waals surface area contributed by atoms with Crippen LogP contribution in [0.4, 0.5) is 20.4 Å². The van der Waals surface area contributed by atoms with Gasteiger partial charge in [0.15, 0.2) is 17.3 Å². The molecule has 0 fully saturated rings. The zero-order valence-corrected chi connectivity index (χ0v) is 13.2. The van der Waals surface area contributed by atoms with Gasteiger partial charge in [0, 0.05) is 12.3 Å². The van der Waals surface area contributed by atoms with Crippen molar-refractivity contribution < 1.29 is 13.5 Å². The third-order valence-electron chi connectivity index (χ3n) is 3.41. The minimum atomic E-state index is -2.93. The van der Waals surface area contributed by atoms with Gasteiger partial charge in [-0.3, -0.25) is 4.98 Å². The molecule has 0 atom stereocenters. The number of anilines is 2. The zero-order valence-electron chi connectivity index (χ0n) is 13.2. The van der Waals surface area contributed by atoms with E-state index < -0.39 is 6.61 Å². The fourth-order valence-corrected chi connectivity index (χ4v) is 2.33. The summed E-state index contributed by atoms with van der Waals surface area (Å²) in [5.41, 5.74) is 2.01. The second kappa shape index (κ2) is 6.70. The Balaban J connectivity index is 1.57. The number of aromatic amines is 1. The van der Waals surface area contributed by atoms with Crippen molar-refractivity contribution in [2.75, 3.05) is 5.32 Å². The number of aromatic nitrogens is 7. The lowest BCUT2D eigenvalue weighted by Gasteiger charge is -2.04. The van der Waals surface area contributed by atoms with Crippen molar-refractivity contribution in [3.8, 4) is 5.88 Å². The number of nitrogens with one attached hydrogen (secondary N) is 2. The molecule has 0 unspecified atom stereocenters. The number of H-pyrrole nitrogens is 1. The maximum atomic E-state index is 12.2. The van der Waals surface area contributed by atoms with E-state index in [1.54, 1.807) is 17.1 Å². The Labute approximate surface area is 145 Å². The third-order valence-corrected chi connectivity index (χ3v) is 3.41. The van der Waals surface area contributed by atoms with E-state index in [1.165, 1.54) is 12.3 Å². The Morgan fingerprint density at radius 2 is 2.12 bits per heavy atom. The average molecular weight is 358 g/mol. The second-order valence-corrected chi connectivity index (χ2v) is 5.21. The van der Waals surface area contributed by atoms with Crippen LogP contribution < -0.4 is 10.1 Å². The van der Waals surface area contributed by atoms with Crippen LogP contribution in [0.15, 0.2) is 42.9 Å². The minimum Gasteiger partial charge on any atom is -0.417 e. The van der Waals surface area contributed by atoms with Crippen molar-refractivity contribution in [1.82, 2.24) is 34.9 Å². The van der Waals surface area contributed by atoms with E-state index in [4.69, 9.17) is 0 Å². The fraction of sp³-hybridized carbons (Fsp3) is 0.133. The topological polar surface area (TPSA) is 106 Å². The smallest absolute Gasteiger partial charge is 0.388 e. The average Bonchev–Trinajstić information content (AvgIpc) is 3.22. The Bertz CT molecular complexity index is 1020. The van der Waals surface area contributed by atoms with E-state index in [0.29, 0.717) is 23.5 Å². The number of hydrogen-bond donors (Lipinski definition) is 2. The van der Waals surface area contributed by atoms with Crippen molar-refractivity contribution in [3.63, 3.8) is 0 Å². The van der Waals surface area contributed by atoms with Crippen LogP contribution in [-0.4, -0.2) is 41.5 Å². The Kier molecular flexibility index (Phi) is 4.09. The molecule has 4 aromatic heterocycles. The highest BCUT2D eigenvalue weighted by molar-refractivity contribution is 5.72. The molecule has 0 aromatic carbocycles. The van der Waals surface area contributed by atoms with E-state index in [2.05, 4.69) is 40.3 Å². The predicted molar refractivity (Wildman–Crippen MR) is 87.2 cm³/mol. The number of nitrogens with zero attached hydrogens (tertiary/aromatic N) is 6. The summed E-state index contributed by atoms with van der Waals surface area (Å²) in [5.74, 6) is 0.497. The molecule has 9 nitrogen and oxygen atoms in total. The first-order valence-corrected chi connectivity index (χ1v) is 7.53. The van der Waals surface area contributed by atoms with Gasteiger partial charge in [0.1, 0.15) is 5.52 Å². The van der Waals surface area contributed by atoms with Gasteiger partial charge in [0.25, 0.3) is 0 Å². The highest BCUT2D eigenvalue weighted by Crippen LogP contribution is 2.19. The first-order chi connectivity index (χ1) is 12.7. The quantitative estimate of drug-likeness (QED) is 0.545. The third kappa shape index (κ3) is 3.41. The lowest BCUT2D eigenvalue weighted by molar-refractivity contribution is -0.0528. The molecule has 0 saturated heterocycles. The first kappa shape index (κ1) is 15.9. The number of pyridine rings is 1. The molecule has 26 heavy (non-hydrogen) atoms. The Morgan fingerprint density at radius 3 is 2.92 bits per heavy atom. The van der Waals surface area contributed by atoms with Gasteiger partial charge >= 0.3 is 6.61 Å². The highest BCUT2D eigenvalue weighted by atomic mass is 19.3. The van der Waals surface area contributed by atoms with Crippen LogP contribution in [0.2, 0.25) is 0 Å². The molecule has 0 bridgehead atoms. The van der Waals surface area contributed by atoms with Crippen molar-refractivity contribution >= 4 is 22.8 Å². The van der Waals surface area contributed by atoms with Gasteiger partial charge in [-0.05, 0) is 12.1 Å². The molecule has 0 amide bonds. The highest BCUT2D eigenvalue weighted by Gasteiger charge is 2.11. The molecular weight excluding hydrogens is 346 g/mol. The van der Waals surface area contributed by atoms with Crippen LogP contribution in [0.3, 0.4) is 0 Å². The lowest BCUT2D eigenvalue weighted by Crippen LogP contribution is -2.05. The molecular formula is C15H12F2N8O. The molecule has 0 spiro atoms. The summed E-state index contributed by atoms with van der Waals surface area (Å²) in [5, 5.41) is 13.3. The SMILES string of the molecule is FC(F)Oc1cc(Nc2cnc3cnn(Cc4ccccn4)c3n2)n[nH]1. The van der Waals surface area contributed by atoms with Gasteiger partial charge in [-0.2, -0.15) is 19.0 Å². The maximum absolute atomic E-state index is 12.2. The molecule has 4 aromatic rings. The summed E-state index contributed by atoms with van der Waals surface area (Å²) in [4.78, 5) is 13.0. The summed E-state index contributed by atoms with van der Waals surface area (Å²) in [6.07, 6.45) is 4.81. The molecule has 4 heterocycles. The monoisotopic (exact) mass is 358 g/mol. The predicted octanol–water partition coefficient (Wildman–Crippen LogP) is 2.34. The number of rotatable bonds is 6. The molecule has 0 aliphatic heterocycles. The summed E-state index contributed by atoms with van der Waals surface area (Å²) < 4.78 is 30.3. The maximum Gasteiger partial charge on any atom is 0.388 e. The van der Waals surface area contributed by atoms with Gasteiger partial charge in [-0.25, -0.2) is 19.7 Å². The number of halogens is 2. The number of ether oxygens (including phenoxy) is 1.